The van der Waals surface area contributed by atoms with Crippen LogP contribution in [0.3, 0.4) is 0 Å². The Balaban J connectivity index is 1.56. The average molecular weight is 363 g/mol. The van der Waals surface area contributed by atoms with Crippen LogP contribution < -0.4 is 4.74 Å². The first-order valence-electron chi connectivity index (χ1n) is 9.57. The SMILES string of the molecule is COc1ccc(-c2cc([C@H]3CCCCCN3Cc3cccnc3)no2)cc1. The lowest BCUT2D eigenvalue weighted by Crippen LogP contribution is -2.28. The summed E-state index contributed by atoms with van der Waals surface area (Å²) in [6, 6.07) is 14.4. The van der Waals surface area contributed by atoms with E-state index in [0.29, 0.717) is 0 Å². The van der Waals surface area contributed by atoms with Crippen LogP contribution in [0.1, 0.15) is 43.0 Å². The van der Waals surface area contributed by atoms with Crippen LogP contribution in [0.2, 0.25) is 0 Å². The van der Waals surface area contributed by atoms with Gasteiger partial charge in [0.1, 0.15) is 11.4 Å². The fourth-order valence-electron chi connectivity index (χ4n) is 3.76. The lowest BCUT2D eigenvalue weighted by Gasteiger charge is -2.28. The van der Waals surface area contributed by atoms with Gasteiger partial charge in [0.05, 0.1) is 13.2 Å². The van der Waals surface area contributed by atoms with Crippen molar-refractivity contribution in [3.8, 4) is 17.1 Å². The number of ether oxygens (including phenoxy) is 1. The molecule has 0 bridgehead atoms. The molecule has 27 heavy (non-hydrogen) atoms. The Morgan fingerprint density at radius 2 is 2.04 bits per heavy atom. The molecule has 0 spiro atoms. The van der Waals surface area contributed by atoms with E-state index in [2.05, 4.69) is 27.2 Å². The number of aromatic nitrogens is 2. The van der Waals surface area contributed by atoms with Gasteiger partial charge in [0.15, 0.2) is 5.76 Å². The molecule has 1 atom stereocenters. The summed E-state index contributed by atoms with van der Waals surface area (Å²) in [5.74, 6) is 1.64. The van der Waals surface area contributed by atoms with Crippen molar-refractivity contribution < 1.29 is 9.26 Å². The molecule has 140 valence electrons. The van der Waals surface area contributed by atoms with Crippen LogP contribution in [0, 0.1) is 0 Å². The van der Waals surface area contributed by atoms with E-state index in [1.54, 1.807) is 7.11 Å². The molecule has 0 saturated carbocycles. The van der Waals surface area contributed by atoms with E-state index in [4.69, 9.17) is 9.26 Å². The number of pyridine rings is 1. The summed E-state index contributed by atoms with van der Waals surface area (Å²) in [5.41, 5.74) is 3.27. The van der Waals surface area contributed by atoms with Gasteiger partial charge in [-0.15, -0.1) is 0 Å². The second-order valence-corrected chi connectivity index (χ2v) is 7.04. The number of hydrogen-bond donors (Lipinski definition) is 0. The third-order valence-electron chi connectivity index (χ3n) is 5.22. The van der Waals surface area contributed by atoms with E-state index in [0.717, 1.165) is 42.3 Å². The van der Waals surface area contributed by atoms with Crippen LogP contribution in [0.25, 0.3) is 11.3 Å². The van der Waals surface area contributed by atoms with E-state index >= 15 is 0 Å². The fraction of sp³-hybridized carbons (Fsp3) is 0.364. The third-order valence-corrected chi connectivity index (χ3v) is 5.22. The standard InChI is InChI=1S/C22H25N3O2/c1-26-19-10-8-18(9-11-19)22-14-20(24-27-22)21-7-3-2-4-13-25(21)16-17-6-5-12-23-15-17/h5-6,8-12,14-15,21H,2-4,7,13,16H2,1H3/t21-/m1/s1. The monoisotopic (exact) mass is 363 g/mol. The molecular weight excluding hydrogens is 338 g/mol. The van der Waals surface area contributed by atoms with Gasteiger partial charge in [-0.1, -0.05) is 24.1 Å². The maximum atomic E-state index is 5.69. The molecule has 0 N–H and O–H groups in total. The van der Waals surface area contributed by atoms with Crippen molar-refractivity contribution in [2.75, 3.05) is 13.7 Å². The van der Waals surface area contributed by atoms with E-state index in [-0.39, 0.29) is 6.04 Å². The van der Waals surface area contributed by atoms with Crippen molar-refractivity contribution >= 4 is 0 Å². The first kappa shape index (κ1) is 17.7. The van der Waals surface area contributed by atoms with E-state index in [1.807, 2.05) is 42.7 Å². The molecule has 3 heterocycles. The molecule has 4 rings (SSSR count). The Morgan fingerprint density at radius 1 is 1.15 bits per heavy atom. The van der Waals surface area contributed by atoms with Gasteiger partial charge in [-0.25, -0.2) is 0 Å². The highest BCUT2D eigenvalue weighted by Gasteiger charge is 2.26. The smallest absolute Gasteiger partial charge is 0.167 e. The van der Waals surface area contributed by atoms with Crippen LogP contribution >= 0.6 is 0 Å². The van der Waals surface area contributed by atoms with Crippen LogP contribution in [0.5, 0.6) is 5.75 Å². The second kappa shape index (κ2) is 8.35. The third kappa shape index (κ3) is 4.19. The maximum Gasteiger partial charge on any atom is 0.167 e. The molecule has 2 aromatic heterocycles. The topological polar surface area (TPSA) is 51.4 Å². The minimum atomic E-state index is 0.281. The largest absolute Gasteiger partial charge is 0.497 e. The number of rotatable bonds is 5. The fourth-order valence-corrected chi connectivity index (χ4v) is 3.76. The van der Waals surface area contributed by atoms with Gasteiger partial charge < -0.3 is 9.26 Å². The Bertz CT molecular complexity index is 846. The summed E-state index contributed by atoms with van der Waals surface area (Å²) in [7, 11) is 1.67. The van der Waals surface area contributed by atoms with Crippen molar-refractivity contribution in [3.63, 3.8) is 0 Å². The summed E-state index contributed by atoms with van der Waals surface area (Å²) in [5, 5.41) is 4.43. The van der Waals surface area contributed by atoms with Crippen LogP contribution in [0.4, 0.5) is 0 Å². The molecule has 1 saturated heterocycles. The number of hydrogen-bond acceptors (Lipinski definition) is 5. The molecule has 0 unspecified atom stereocenters. The molecule has 1 aromatic carbocycles. The minimum Gasteiger partial charge on any atom is -0.497 e. The van der Waals surface area contributed by atoms with Crippen molar-refractivity contribution in [2.45, 2.75) is 38.3 Å². The number of methoxy groups -OCH3 is 1. The van der Waals surface area contributed by atoms with Crippen molar-refractivity contribution in [1.82, 2.24) is 15.0 Å². The first-order chi connectivity index (χ1) is 13.3. The Morgan fingerprint density at radius 3 is 2.81 bits per heavy atom. The number of benzene rings is 1. The summed E-state index contributed by atoms with van der Waals surface area (Å²) in [6.45, 7) is 1.97. The van der Waals surface area contributed by atoms with Gasteiger partial charge in [0, 0.05) is 30.6 Å². The highest BCUT2D eigenvalue weighted by atomic mass is 16.5. The molecule has 1 aliphatic rings. The second-order valence-electron chi connectivity index (χ2n) is 7.04. The number of likely N-dealkylation sites (tertiary alicyclic amines) is 1. The summed E-state index contributed by atoms with van der Waals surface area (Å²) in [4.78, 5) is 6.77. The quantitative estimate of drug-likeness (QED) is 0.648. The van der Waals surface area contributed by atoms with E-state index in [9.17, 15) is 0 Å². The van der Waals surface area contributed by atoms with Crippen molar-refractivity contribution in [2.24, 2.45) is 0 Å². The van der Waals surface area contributed by atoms with Crippen LogP contribution in [0.15, 0.2) is 59.4 Å². The van der Waals surface area contributed by atoms with E-state index in [1.165, 1.54) is 24.8 Å². The molecule has 0 amide bonds. The average Bonchev–Trinajstić information content (AvgIpc) is 3.10. The zero-order valence-corrected chi connectivity index (χ0v) is 15.7. The molecule has 0 aliphatic carbocycles. The molecule has 3 aromatic rings. The summed E-state index contributed by atoms with van der Waals surface area (Å²) >= 11 is 0. The molecule has 1 fully saturated rings. The zero-order chi connectivity index (χ0) is 18.5. The van der Waals surface area contributed by atoms with Crippen LogP contribution in [-0.2, 0) is 6.54 Å². The summed E-state index contributed by atoms with van der Waals surface area (Å²) < 4.78 is 10.9. The van der Waals surface area contributed by atoms with Crippen molar-refractivity contribution in [1.29, 1.82) is 0 Å². The highest BCUT2D eigenvalue weighted by molar-refractivity contribution is 5.58. The predicted octanol–water partition coefficient (Wildman–Crippen LogP) is 4.86. The molecule has 1 aliphatic heterocycles. The first-order valence-corrected chi connectivity index (χ1v) is 9.57. The van der Waals surface area contributed by atoms with Gasteiger partial charge >= 0.3 is 0 Å². The molecular formula is C22H25N3O2. The molecule has 5 heteroatoms. The minimum absolute atomic E-state index is 0.281. The Kier molecular flexibility index (Phi) is 5.49. The van der Waals surface area contributed by atoms with Gasteiger partial charge in [-0.2, -0.15) is 0 Å². The maximum absolute atomic E-state index is 5.69. The van der Waals surface area contributed by atoms with Gasteiger partial charge in [-0.05, 0) is 55.3 Å². The van der Waals surface area contributed by atoms with Gasteiger partial charge in [0.25, 0.3) is 0 Å². The normalized spacial score (nSPS) is 18.2. The van der Waals surface area contributed by atoms with Gasteiger partial charge in [0.2, 0.25) is 0 Å². The predicted molar refractivity (Wildman–Crippen MR) is 104 cm³/mol. The Hall–Kier alpha value is -2.66. The van der Waals surface area contributed by atoms with E-state index < -0.39 is 0 Å². The number of nitrogens with zero attached hydrogens (tertiary/aromatic N) is 3. The lowest BCUT2D eigenvalue weighted by atomic mass is 10.0. The Labute approximate surface area is 160 Å². The zero-order valence-electron chi connectivity index (χ0n) is 15.7. The van der Waals surface area contributed by atoms with Crippen molar-refractivity contribution in [3.05, 3.63) is 66.1 Å². The molecule has 0 radical (unpaired) electrons. The van der Waals surface area contributed by atoms with Crippen LogP contribution in [-0.4, -0.2) is 28.7 Å². The molecule has 5 nitrogen and oxygen atoms in total. The summed E-state index contributed by atoms with van der Waals surface area (Å²) in [6.07, 6.45) is 8.59. The highest BCUT2D eigenvalue weighted by Crippen LogP contribution is 2.33. The lowest BCUT2D eigenvalue weighted by molar-refractivity contribution is 0.184. The van der Waals surface area contributed by atoms with Gasteiger partial charge in [-0.3, -0.25) is 9.88 Å².